The molecule has 0 amide bonds. The van der Waals surface area contributed by atoms with Crippen LogP contribution in [-0.2, 0) is 0 Å². The predicted molar refractivity (Wildman–Crippen MR) is 76.1 cm³/mol. The molecule has 1 fully saturated rings. The van der Waals surface area contributed by atoms with Crippen LogP contribution in [0.1, 0.15) is 66.4 Å². The van der Waals surface area contributed by atoms with Crippen LogP contribution in [0.3, 0.4) is 0 Å². The van der Waals surface area contributed by atoms with E-state index in [0.717, 1.165) is 29.9 Å². The Labute approximate surface area is 111 Å². The van der Waals surface area contributed by atoms with Crippen LogP contribution in [0.15, 0.2) is 18.2 Å². The molecule has 1 aliphatic rings. The highest BCUT2D eigenvalue weighted by Crippen LogP contribution is 2.28. The van der Waals surface area contributed by atoms with Crippen molar-refractivity contribution in [1.82, 2.24) is 0 Å². The Bertz CT molecular complexity index is 414. The fourth-order valence-corrected chi connectivity index (χ4v) is 3.00. The lowest BCUT2D eigenvalue weighted by Gasteiger charge is -2.21. The van der Waals surface area contributed by atoms with E-state index in [1.54, 1.807) is 0 Å². The van der Waals surface area contributed by atoms with Crippen molar-refractivity contribution in [2.24, 2.45) is 5.92 Å². The molecule has 0 aliphatic heterocycles. The molecule has 98 valence electrons. The van der Waals surface area contributed by atoms with Gasteiger partial charge in [-0.2, -0.15) is 0 Å². The minimum absolute atomic E-state index is 0.335. The molecule has 1 aliphatic carbocycles. The van der Waals surface area contributed by atoms with Crippen LogP contribution in [0.4, 0.5) is 0 Å². The van der Waals surface area contributed by atoms with Gasteiger partial charge in [0.05, 0.1) is 0 Å². The number of benzene rings is 1. The van der Waals surface area contributed by atoms with Crippen molar-refractivity contribution in [3.8, 4) is 0 Å². The zero-order valence-electron chi connectivity index (χ0n) is 11.7. The van der Waals surface area contributed by atoms with Gasteiger partial charge >= 0.3 is 0 Å². The predicted octanol–water partition coefficient (Wildman–Crippen LogP) is 4.85. The van der Waals surface area contributed by atoms with Crippen LogP contribution in [0.2, 0.25) is 0 Å². The topological polar surface area (TPSA) is 17.1 Å². The largest absolute Gasteiger partial charge is 0.294 e. The quantitative estimate of drug-likeness (QED) is 0.692. The van der Waals surface area contributed by atoms with Gasteiger partial charge in [0.2, 0.25) is 0 Å². The summed E-state index contributed by atoms with van der Waals surface area (Å²) in [6.07, 6.45) is 8.60. The van der Waals surface area contributed by atoms with Crippen LogP contribution < -0.4 is 0 Å². The lowest BCUT2D eigenvalue weighted by Crippen LogP contribution is -2.10. The molecule has 1 heteroatoms. The van der Waals surface area contributed by atoms with Crippen LogP contribution in [0.25, 0.3) is 0 Å². The van der Waals surface area contributed by atoms with E-state index in [0.29, 0.717) is 5.78 Å². The molecule has 0 radical (unpaired) electrons. The molecular weight excluding hydrogens is 220 g/mol. The van der Waals surface area contributed by atoms with E-state index in [9.17, 15) is 4.79 Å². The van der Waals surface area contributed by atoms with Gasteiger partial charge in [0.15, 0.2) is 5.78 Å². The van der Waals surface area contributed by atoms with Gasteiger partial charge in [-0.1, -0.05) is 50.3 Å². The number of carbonyl (C=O) groups is 1. The van der Waals surface area contributed by atoms with Gasteiger partial charge in [0.1, 0.15) is 0 Å². The molecule has 0 N–H and O–H groups in total. The highest BCUT2D eigenvalue weighted by Gasteiger charge is 2.16. The van der Waals surface area contributed by atoms with Crippen molar-refractivity contribution in [3.63, 3.8) is 0 Å². The second-order valence-corrected chi connectivity index (χ2v) is 5.71. The Kier molecular flexibility index (Phi) is 4.57. The normalized spacial score (nSPS) is 16.8. The minimum atomic E-state index is 0.335. The number of carbonyl (C=O) groups excluding carboxylic acids is 1. The van der Waals surface area contributed by atoms with Crippen molar-refractivity contribution in [2.75, 3.05) is 0 Å². The first-order valence-corrected chi connectivity index (χ1v) is 7.28. The van der Waals surface area contributed by atoms with E-state index in [1.807, 2.05) is 12.1 Å². The lowest BCUT2D eigenvalue weighted by atomic mass is 9.85. The summed E-state index contributed by atoms with van der Waals surface area (Å²) < 4.78 is 0. The molecule has 0 heterocycles. The molecule has 1 aromatic carbocycles. The van der Waals surface area contributed by atoms with Gasteiger partial charge in [0, 0.05) is 12.0 Å². The number of Topliss-reactive ketones (excluding diaryl/α,β-unsaturated/α-hetero) is 1. The highest BCUT2D eigenvalue weighted by molar-refractivity contribution is 5.97. The van der Waals surface area contributed by atoms with Gasteiger partial charge in [-0.25, -0.2) is 0 Å². The molecule has 0 spiro atoms. The summed E-state index contributed by atoms with van der Waals surface area (Å²) >= 11 is 0. The average molecular weight is 244 g/mol. The smallest absolute Gasteiger partial charge is 0.163 e. The monoisotopic (exact) mass is 244 g/mol. The molecule has 0 bridgehead atoms. The Hall–Kier alpha value is -1.11. The summed E-state index contributed by atoms with van der Waals surface area (Å²) in [6.45, 7) is 4.14. The maximum Gasteiger partial charge on any atom is 0.163 e. The number of ketones is 1. The molecule has 2 rings (SSSR count). The Morgan fingerprint density at radius 1 is 1.17 bits per heavy atom. The van der Waals surface area contributed by atoms with Crippen LogP contribution in [0.5, 0.6) is 0 Å². The summed E-state index contributed by atoms with van der Waals surface area (Å²) in [7, 11) is 0. The lowest BCUT2D eigenvalue weighted by molar-refractivity contribution is 0.0969. The van der Waals surface area contributed by atoms with Gasteiger partial charge in [-0.05, 0) is 37.3 Å². The van der Waals surface area contributed by atoms with E-state index in [1.165, 1.54) is 37.7 Å². The number of rotatable bonds is 4. The van der Waals surface area contributed by atoms with Crippen LogP contribution >= 0.6 is 0 Å². The second-order valence-electron chi connectivity index (χ2n) is 5.71. The summed E-state index contributed by atoms with van der Waals surface area (Å²) in [5.41, 5.74) is 3.32. The zero-order valence-corrected chi connectivity index (χ0v) is 11.7. The van der Waals surface area contributed by atoms with Crippen LogP contribution in [0, 0.1) is 19.8 Å². The summed E-state index contributed by atoms with van der Waals surface area (Å²) in [5.74, 6) is 1.13. The Morgan fingerprint density at radius 2 is 1.89 bits per heavy atom. The first kappa shape index (κ1) is 13.3. The van der Waals surface area contributed by atoms with E-state index < -0.39 is 0 Å². The minimum Gasteiger partial charge on any atom is -0.294 e. The number of hydrogen-bond acceptors (Lipinski definition) is 1. The highest BCUT2D eigenvalue weighted by atomic mass is 16.1. The third-order valence-electron chi connectivity index (χ3n) is 4.41. The van der Waals surface area contributed by atoms with E-state index in [-0.39, 0.29) is 0 Å². The summed E-state index contributed by atoms with van der Waals surface area (Å²) in [6, 6.07) is 6.05. The van der Waals surface area contributed by atoms with Crippen molar-refractivity contribution in [1.29, 1.82) is 0 Å². The first-order valence-electron chi connectivity index (χ1n) is 7.28. The standard InChI is InChI=1S/C17H24O/c1-13-7-6-10-16(14(13)2)17(18)12-11-15-8-4-3-5-9-15/h6-7,10,15H,3-5,8-9,11-12H2,1-2H3. The first-order chi connectivity index (χ1) is 8.68. The maximum absolute atomic E-state index is 12.3. The third kappa shape index (κ3) is 3.22. The van der Waals surface area contributed by atoms with Gasteiger partial charge in [-0.15, -0.1) is 0 Å². The van der Waals surface area contributed by atoms with E-state index in [2.05, 4.69) is 19.9 Å². The average Bonchev–Trinajstić information content (AvgIpc) is 2.40. The fraction of sp³-hybridized carbons (Fsp3) is 0.588. The van der Waals surface area contributed by atoms with E-state index >= 15 is 0 Å². The SMILES string of the molecule is Cc1cccc(C(=O)CCC2CCCCC2)c1C. The molecule has 0 unspecified atom stereocenters. The van der Waals surface area contributed by atoms with Gasteiger partial charge in [-0.3, -0.25) is 4.79 Å². The molecule has 1 aromatic rings. The molecule has 1 saturated carbocycles. The van der Waals surface area contributed by atoms with E-state index in [4.69, 9.17) is 0 Å². The fourth-order valence-electron chi connectivity index (χ4n) is 3.00. The van der Waals surface area contributed by atoms with Crippen LogP contribution in [-0.4, -0.2) is 5.78 Å². The van der Waals surface area contributed by atoms with Crippen molar-refractivity contribution in [3.05, 3.63) is 34.9 Å². The second kappa shape index (κ2) is 6.17. The maximum atomic E-state index is 12.3. The molecule has 0 saturated heterocycles. The molecule has 0 atom stereocenters. The van der Waals surface area contributed by atoms with Crippen molar-refractivity contribution < 1.29 is 4.79 Å². The van der Waals surface area contributed by atoms with Gasteiger partial charge < -0.3 is 0 Å². The summed E-state index contributed by atoms with van der Waals surface area (Å²) in [4.78, 5) is 12.3. The van der Waals surface area contributed by atoms with Crippen molar-refractivity contribution >= 4 is 5.78 Å². The van der Waals surface area contributed by atoms with Gasteiger partial charge in [0.25, 0.3) is 0 Å². The number of hydrogen-bond donors (Lipinski definition) is 0. The molecule has 18 heavy (non-hydrogen) atoms. The summed E-state index contributed by atoms with van der Waals surface area (Å²) in [5, 5.41) is 0. The Balaban J connectivity index is 1.93. The number of aryl methyl sites for hydroxylation is 1. The Morgan fingerprint density at radius 3 is 2.61 bits per heavy atom. The third-order valence-corrected chi connectivity index (χ3v) is 4.41. The molecule has 1 nitrogen and oxygen atoms in total. The zero-order chi connectivity index (χ0) is 13.0. The molecular formula is C17H24O. The van der Waals surface area contributed by atoms with Crippen molar-refractivity contribution in [2.45, 2.75) is 58.8 Å². The molecule has 0 aromatic heterocycles.